The molecule has 0 saturated carbocycles. The number of amides is 1. The monoisotopic (exact) mass is 382 g/mol. The van der Waals surface area contributed by atoms with Crippen molar-refractivity contribution in [1.29, 1.82) is 0 Å². The molecule has 7 nitrogen and oxygen atoms in total. The van der Waals surface area contributed by atoms with Crippen molar-refractivity contribution in [2.75, 3.05) is 19.5 Å². The number of nitrogens with one attached hydrogen (secondary N) is 1. The number of pyridine rings is 1. The maximum absolute atomic E-state index is 12.7. The molecule has 0 bridgehead atoms. The van der Waals surface area contributed by atoms with Gasteiger partial charge in [-0.1, -0.05) is 17.7 Å². The van der Waals surface area contributed by atoms with Gasteiger partial charge in [-0.3, -0.25) is 10.1 Å². The Kier molecular flexibility index (Phi) is 5.54. The Morgan fingerprint density at radius 1 is 1.00 bits per heavy atom. The van der Waals surface area contributed by atoms with E-state index in [-0.39, 0.29) is 11.3 Å². The van der Waals surface area contributed by atoms with Crippen molar-refractivity contribution in [2.45, 2.75) is 20.4 Å². The van der Waals surface area contributed by atoms with Gasteiger partial charge in [0, 0.05) is 17.6 Å². The van der Waals surface area contributed by atoms with E-state index < -0.39 is 6.09 Å². The second-order valence-electron chi connectivity index (χ2n) is 6.22. The normalized spacial score (nSPS) is 10.6. The maximum atomic E-state index is 12.7. The van der Waals surface area contributed by atoms with Crippen LogP contribution in [0.2, 0.25) is 0 Å². The number of nitrogens with zero attached hydrogens (tertiary/aromatic N) is 1. The molecule has 0 fully saturated rings. The molecule has 0 radical (unpaired) electrons. The minimum atomic E-state index is -0.652. The lowest BCUT2D eigenvalue weighted by molar-refractivity contribution is 0.215. The Hall–Kier alpha value is -3.48. The number of rotatable bonds is 5. The second-order valence-corrected chi connectivity index (χ2v) is 6.22. The number of ether oxygens (including phenoxy) is 3. The summed E-state index contributed by atoms with van der Waals surface area (Å²) in [4.78, 5) is 25.1. The van der Waals surface area contributed by atoms with Gasteiger partial charge in [0.1, 0.15) is 0 Å². The van der Waals surface area contributed by atoms with Gasteiger partial charge < -0.3 is 18.8 Å². The van der Waals surface area contributed by atoms with Crippen LogP contribution < -0.4 is 25.1 Å². The molecule has 0 spiro atoms. The largest absolute Gasteiger partial charge is 0.493 e. The zero-order chi connectivity index (χ0) is 20.3. The van der Waals surface area contributed by atoms with Crippen molar-refractivity contribution in [2.24, 2.45) is 0 Å². The first-order valence-corrected chi connectivity index (χ1v) is 8.81. The Bertz CT molecular complexity index is 1070. The molecule has 0 aliphatic rings. The van der Waals surface area contributed by atoms with E-state index in [1.54, 1.807) is 24.3 Å². The first-order valence-electron chi connectivity index (χ1n) is 8.81. The van der Waals surface area contributed by atoms with Gasteiger partial charge in [-0.2, -0.15) is 0 Å². The number of hydrogen-bond acceptors (Lipinski definition) is 5. The average molecular weight is 382 g/mol. The Balaban J connectivity index is 2.03. The van der Waals surface area contributed by atoms with Crippen LogP contribution in [0, 0.1) is 6.92 Å². The van der Waals surface area contributed by atoms with Crippen LogP contribution in [0.25, 0.3) is 10.8 Å². The highest BCUT2D eigenvalue weighted by molar-refractivity contribution is 5.94. The van der Waals surface area contributed by atoms with Crippen LogP contribution in [0.15, 0.2) is 47.4 Å². The van der Waals surface area contributed by atoms with Crippen molar-refractivity contribution in [3.63, 3.8) is 0 Å². The standard InChI is InChI=1S/C21H22N2O5/c1-5-23-12-19(28-21(25)22-14-8-6-13(2)7-9-14)15-10-17(26-3)18(27-4)11-16(15)20(23)24/h6-12H,5H2,1-4H3,(H,22,25). The van der Waals surface area contributed by atoms with E-state index in [9.17, 15) is 9.59 Å². The molecule has 2 aromatic carbocycles. The molecule has 1 heterocycles. The molecule has 146 valence electrons. The fourth-order valence-electron chi connectivity index (χ4n) is 2.88. The molecule has 7 heteroatoms. The highest BCUT2D eigenvalue weighted by atomic mass is 16.6. The highest BCUT2D eigenvalue weighted by Crippen LogP contribution is 2.35. The summed E-state index contributed by atoms with van der Waals surface area (Å²) in [6.45, 7) is 4.23. The van der Waals surface area contributed by atoms with Crippen molar-refractivity contribution in [3.05, 3.63) is 58.5 Å². The number of anilines is 1. The van der Waals surface area contributed by atoms with E-state index in [0.717, 1.165) is 5.56 Å². The fourth-order valence-corrected chi connectivity index (χ4v) is 2.88. The van der Waals surface area contributed by atoms with Gasteiger partial charge >= 0.3 is 6.09 Å². The van der Waals surface area contributed by atoms with Gasteiger partial charge in [-0.05, 0) is 38.1 Å². The topological polar surface area (TPSA) is 78.8 Å². The van der Waals surface area contributed by atoms with Gasteiger partial charge in [0.25, 0.3) is 5.56 Å². The van der Waals surface area contributed by atoms with Gasteiger partial charge in [0.2, 0.25) is 0 Å². The summed E-state index contributed by atoms with van der Waals surface area (Å²) in [5.74, 6) is 1.12. The third kappa shape index (κ3) is 3.78. The Labute approximate surface area is 162 Å². The predicted octanol–water partition coefficient (Wildman–Crippen LogP) is 3.96. The second kappa shape index (κ2) is 8.04. The minimum Gasteiger partial charge on any atom is -0.493 e. The van der Waals surface area contributed by atoms with E-state index in [1.807, 2.05) is 26.0 Å². The highest BCUT2D eigenvalue weighted by Gasteiger charge is 2.17. The molecular formula is C21H22N2O5. The van der Waals surface area contributed by atoms with Crippen molar-refractivity contribution in [3.8, 4) is 17.2 Å². The lowest BCUT2D eigenvalue weighted by Gasteiger charge is -2.14. The molecule has 3 rings (SSSR count). The third-order valence-corrected chi connectivity index (χ3v) is 4.39. The molecule has 28 heavy (non-hydrogen) atoms. The van der Waals surface area contributed by atoms with E-state index in [2.05, 4.69) is 5.32 Å². The lowest BCUT2D eigenvalue weighted by atomic mass is 10.1. The zero-order valence-electron chi connectivity index (χ0n) is 16.2. The average Bonchev–Trinajstić information content (AvgIpc) is 2.70. The maximum Gasteiger partial charge on any atom is 0.417 e. The van der Waals surface area contributed by atoms with Gasteiger partial charge in [-0.25, -0.2) is 4.79 Å². The number of fused-ring (bicyclic) bond motifs is 1. The molecular weight excluding hydrogens is 360 g/mol. The lowest BCUT2D eigenvalue weighted by Crippen LogP contribution is -2.22. The Morgan fingerprint density at radius 3 is 2.18 bits per heavy atom. The van der Waals surface area contributed by atoms with E-state index in [1.165, 1.54) is 25.0 Å². The number of carbonyl (C=O) groups excluding carboxylic acids is 1. The number of methoxy groups -OCH3 is 2. The summed E-state index contributed by atoms with van der Waals surface area (Å²) in [7, 11) is 3.00. The number of aromatic nitrogens is 1. The first-order chi connectivity index (χ1) is 13.5. The summed E-state index contributed by atoms with van der Waals surface area (Å²) in [6.07, 6.45) is 0.868. The summed E-state index contributed by atoms with van der Waals surface area (Å²) in [5.41, 5.74) is 1.49. The summed E-state index contributed by atoms with van der Waals surface area (Å²) in [5, 5.41) is 3.52. The molecule has 3 aromatic rings. The molecule has 0 saturated heterocycles. The quantitative estimate of drug-likeness (QED) is 0.723. The van der Waals surface area contributed by atoms with Crippen molar-refractivity contribution in [1.82, 2.24) is 4.57 Å². The zero-order valence-corrected chi connectivity index (χ0v) is 16.2. The van der Waals surface area contributed by atoms with E-state index in [4.69, 9.17) is 14.2 Å². The van der Waals surface area contributed by atoms with Crippen LogP contribution in [-0.4, -0.2) is 24.9 Å². The SMILES string of the molecule is CCn1cc(OC(=O)Nc2ccc(C)cc2)c2cc(OC)c(OC)cc2c1=O. The molecule has 1 amide bonds. The van der Waals surface area contributed by atoms with Gasteiger partial charge in [0.05, 0.1) is 25.8 Å². The summed E-state index contributed by atoms with van der Waals surface area (Å²) >= 11 is 0. The molecule has 0 unspecified atom stereocenters. The van der Waals surface area contributed by atoms with Crippen LogP contribution in [0.5, 0.6) is 17.2 Å². The molecule has 1 N–H and O–H groups in total. The number of aryl methyl sites for hydroxylation is 2. The smallest absolute Gasteiger partial charge is 0.417 e. The van der Waals surface area contributed by atoms with Crippen molar-refractivity contribution < 1.29 is 19.0 Å². The molecule has 1 aromatic heterocycles. The van der Waals surface area contributed by atoms with Crippen LogP contribution >= 0.6 is 0 Å². The van der Waals surface area contributed by atoms with E-state index in [0.29, 0.717) is 34.5 Å². The number of carbonyl (C=O) groups is 1. The molecule has 0 aliphatic heterocycles. The molecule has 0 aliphatic carbocycles. The fraction of sp³-hybridized carbons (Fsp3) is 0.238. The van der Waals surface area contributed by atoms with Crippen LogP contribution in [0.3, 0.4) is 0 Å². The van der Waals surface area contributed by atoms with Crippen LogP contribution in [-0.2, 0) is 6.54 Å². The number of benzene rings is 2. The van der Waals surface area contributed by atoms with Crippen LogP contribution in [0.1, 0.15) is 12.5 Å². The first kappa shape index (κ1) is 19.3. The van der Waals surface area contributed by atoms with E-state index >= 15 is 0 Å². The summed E-state index contributed by atoms with van der Waals surface area (Å²) < 4.78 is 17.6. The van der Waals surface area contributed by atoms with Gasteiger partial charge in [0.15, 0.2) is 17.2 Å². The predicted molar refractivity (Wildman–Crippen MR) is 108 cm³/mol. The third-order valence-electron chi connectivity index (χ3n) is 4.39. The van der Waals surface area contributed by atoms with Crippen molar-refractivity contribution >= 4 is 22.6 Å². The molecule has 0 atom stereocenters. The number of hydrogen-bond donors (Lipinski definition) is 1. The van der Waals surface area contributed by atoms with Crippen LogP contribution in [0.4, 0.5) is 10.5 Å². The summed E-state index contributed by atoms with van der Waals surface area (Å²) in [6, 6.07) is 10.6. The Morgan fingerprint density at radius 2 is 1.61 bits per heavy atom. The van der Waals surface area contributed by atoms with Gasteiger partial charge in [-0.15, -0.1) is 0 Å². The minimum absolute atomic E-state index is 0.204.